The molecule has 2 aromatic heterocycles. The molecule has 2 saturated heterocycles. The molecule has 15 heteroatoms. The van der Waals surface area contributed by atoms with Crippen LogP contribution in [0.5, 0.6) is 0 Å². The second-order valence-electron chi connectivity index (χ2n) is 5.98. The fourth-order valence-electron chi connectivity index (χ4n) is 3.15. The summed E-state index contributed by atoms with van der Waals surface area (Å²) in [5.74, 6) is -0.364. The van der Waals surface area contributed by atoms with Gasteiger partial charge in [0.2, 0.25) is 5.95 Å². The van der Waals surface area contributed by atoms with E-state index in [9.17, 15) is 14.3 Å². The second-order valence-corrected chi connectivity index (χ2v) is 7.34. The molecule has 2 aliphatic rings. The Bertz CT molecular complexity index is 997. The van der Waals surface area contributed by atoms with Crippen LogP contribution in [0.1, 0.15) is 13.2 Å². The number of hydrogen-bond donors (Lipinski definition) is 4. The maximum Gasteiger partial charge on any atom is 0.473 e. The Morgan fingerprint density at radius 3 is 2.93 bits per heavy atom. The summed E-state index contributed by atoms with van der Waals surface area (Å²) >= 11 is 0. The number of hydrazone groups is 1. The fourth-order valence-corrected chi connectivity index (χ4v) is 4.27. The van der Waals surface area contributed by atoms with Crippen LogP contribution in [0.25, 0.3) is 11.2 Å². The number of amides is 1. The van der Waals surface area contributed by atoms with Crippen LogP contribution >= 0.6 is 7.82 Å². The van der Waals surface area contributed by atoms with Crippen molar-refractivity contribution in [3.8, 4) is 0 Å². The van der Waals surface area contributed by atoms with Crippen LogP contribution < -0.4 is 16.5 Å². The SMILES string of the molecule is C=NNc1nc(N)c2ncn([C@@H]3O[C@H](C(=O)NCC)[C@H]4OP(=O)(O)O[C@H]43)c2n1. The summed E-state index contributed by atoms with van der Waals surface area (Å²) < 4.78 is 29.4. The summed E-state index contributed by atoms with van der Waals surface area (Å²) in [7, 11) is -4.33. The minimum Gasteiger partial charge on any atom is -0.382 e. The van der Waals surface area contributed by atoms with Crippen molar-refractivity contribution in [2.45, 2.75) is 31.5 Å². The highest BCUT2D eigenvalue weighted by Crippen LogP contribution is 2.58. The van der Waals surface area contributed by atoms with Crippen LogP contribution in [-0.4, -0.2) is 61.9 Å². The van der Waals surface area contributed by atoms with Crippen molar-refractivity contribution in [1.29, 1.82) is 0 Å². The van der Waals surface area contributed by atoms with Crippen LogP contribution in [0.15, 0.2) is 11.4 Å². The van der Waals surface area contributed by atoms with E-state index < -0.39 is 38.3 Å². The minimum atomic E-state index is -4.33. The van der Waals surface area contributed by atoms with Gasteiger partial charge >= 0.3 is 7.82 Å². The summed E-state index contributed by atoms with van der Waals surface area (Å²) in [6.45, 7) is 5.37. The van der Waals surface area contributed by atoms with Gasteiger partial charge < -0.3 is 20.7 Å². The Morgan fingerprint density at radius 1 is 1.46 bits per heavy atom. The van der Waals surface area contributed by atoms with E-state index in [-0.39, 0.29) is 22.9 Å². The third-order valence-electron chi connectivity index (χ3n) is 4.21. The maximum atomic E-state index is 12.3. The van der Waals surface area contributed by atoms with Gasteiger partial charge in [0.1, 0.15) is 17.7 Å². The van der Waals surface area contributed by atoms with E-state index in [1.54, 1.807) is 6.92 Å². The number of aromatic nitrogens is 4. The number of phosphoric ester groups is 1. The number of likely N-dealkylation sites (N-methyl/N-ethyl adjacent to an activating group) is 1. The Balaban J connectivity index is 1.76. The standard InChI is InChI=1S/C13H17N8O6P/c1-3-16-11(22)7-6-8(27-28(23,24)26-6)12(25-7)21-4-17-5-9(14)18-13(20-15-2)19-10(5)21/h4,6-8,12H,2-3H2,1H3,(H,16,22)(H,23,24)(H3,14,18,19,20)/t6-,7+,8-,12-/m1/s1. The summed E-state index contributed by atoms with van der Waals surface area (Å²) in [6.07, 6.45) is -2.97. The van der Waals surface area contributed by atoms with E-state index in [1.807, 2.05) is 0 Å². The molecule has 150 valence electrons. The predicted molar refractivity (Wildman–Crippen MR) is 95.1 cm³/mol. The molecular formula is C13H17N8O6P. The predicted octanol–water partition coefficient (Wildman–Crippen LogP) is -0.646. The van der Waals surface area contributed by atoms with Gasteiger partial charge in [0, 0.05) is 13.3 Å². The second kappa shape index (κ2) is 6.76. The number of carbonyl (C=O) groups is 1. The van der Waals surface area contributed by atoms with Gasteiger partial charge in [-0.05, 0) is 6.92 Å². The number of ether oxygens (including phenoxy) is 1. The summed E-state index contributed by atoms with van der Waals surface area (Å²) in [4.78, 5) is 34.5. The number of phosphoric acid groups is 1. The molecule has 4 heterocycles. The monoisotopic (exact) mass is 412 g/mol. The zero-order valence-corrected chi connectivity index (χ0v) is 15.4. The van der Waals surface area contributed by atoms with Crippen molar-refractivity contribution in [1.82, 2.24) is 24.8 Å². The van der Waals surface area contributed by atoms with E-state index in [1.165, 1.54) is 10.9 Å². The van der Waals surface area contributed by atoms with Gasteiger partial charge in [-0.1, -0.05) is 0 Å². The van der Waals surface area contributed by atoms with Crippen molar-refractivity contribution < 1.29 is 28.0 Å². The first-order valence-corrected chi connectivity index (χ1v) is 9.68. The van der Waals surface area contributed by atoms with Gasteiger partial charge in [-0.25, -0.2) is 15.0 Å². The summed E-state index contributed by atoms with van der Waals surface area (Å²) in [6, 6.07) is 0. The average Bonchev–Trinajstić information content (AvgIpc) is 3.26. The topological polar surface area (TPSA) is 188 Å². The molecule has 5 N–H and O–H groups in total. The zero-order chi connectivity index (χ0) is 20.1. The third-order valence-corrected chi connectivity index (χ3v) is 5.23. The van der Waals surface area contributed by atoms with Crippen LogP contribution in [0.3, 0.4) is 0 Å². The number of anilines is 2. The van der Waals surface area contributed by atoms with E-state index >= 15 is 0 Å². The number of hydrogen-bond acceptors (Lipinski definition) is 11. The van der Waals surface area contributed by atoms with E-state index in [2.05, 4.69) is 37.5 Å². The summed E-state index contributed by atoms with van der Waals surface area (Å²) in [5, 5.41) is 6.08. The molecule has 0 aliphatic carbocycles. The van der Waals surface area contributed by atoms with Crippen LogP contribution in [0.4, 0.5) is 11.8 Å². The van der Waals surface area contributed by atoms with Gasteiger partial charge in [0.05, 0.1) is 6.33 Å². The van der Waals surface area contributed by atoms with E-state index in [4.69, 9.17) is 19.5 Å². The van der Waals surface area contributed by atoms with Gasteiger partial charge in [0.25, 0.3) is 5.91 Å². The quantitative estimate of drug-likeness (QED) is 0.277. The normalized spacial score (nSPS) is 31.6. The molecule has 0 saturated carbocycles. The molecule has 0 bridgehead atoms. The van der Waals surface area contributed by atoms with Crippen LogP contribution in [-0.2, 0) is 23.1 Å². The number of nitrogens with two attached hydrogens (primary N) is 1. The Kier molecular flexibility index (Phi) is 4.51. The molecule has 0 spiro atoms. The molecule has 0 aromatic carbocycles. The number of carbonyl (C=O) groups excluding carboxylic acids is 1. The Labute approximate surface area is 157 Å². The van der Waals surface area contributed by atoms with Gasteiger partial charge in [-0.2, -0.15) is 15.1 Å². The largest absolute Gasteiger partial charge is 0.473 e. The number of nitrogen functional groups attached to an aromatic ring is 1. The van der Waals surface area contributed by atoms with Crippen molar-refractivity contribution in [2.75, 3.05) is 17.7 Å². The molecule has 5 atom stereocenters. The fraction of sp³-hybridized carbons (Fsp3) is 0.462. The molecule has 28 heavy (non-hydrogen) atoms. The Morgan fingerprint density at radius 2 is 2.21 bits per heavy atom. The molecule has 2 aromatic rings. The van der Waals surface area contributed by atoms with Crippen molar-refractivity contribution in [3.63, 3.8) is 0 Å². The first-order chi connectivity index (χ1) is 13.3. The lowest BCUT2D eigenvalue weighted by molar-refractivity contribution is -0.137. The smallest absolute Gasteiger partial charge is 0.382 e. The van der Waals surface area contributed by atoms with Gasteiger partial charge in [0.15, 0.2) is 23.8 Å². The maximum absolute atomic E-state index is 12.3. The molecule has 1 amide bonds. The molecule has 1 unspecified atom stereocenters. The molecule has 2 aliphatic heterocycles. The Hall–Kier alpha value is -2.64. The number of imidazole rings is 1. The van der Waals surface area contributed by atoms with E-state index in [0.29, 0.717) is 6.54 Å². The highest BCUT2D eigenvalue weighted by molar-refractivity contribution is 7.47. The lowest BCUT2D eigenvalue weighted by Gasteiger charge is -2.19. The lowest BCUT2D eigenvalue weighted by atomic mass is 10.1. The van der Waals surface area contributed by atoms with Crippen molar-refractivity contribution in [2.24, 2.45) is 5.10 Å². The highest BCUT2D eigenvalue weighted by atomic mass is 31.2. The zero-order valence-electron chi connectivity index (χ0n) is 14.6. The van der Waals surface area contributed by atoms with Crippen molar-refractivity contribution in [3.05, 3.63) is 6.33 Å². The average molecular weight is 412 g/mol. The summed E-state index contributed by atoms with van der Waals surface area (Å²) in [5.41, 5.74) is 8.87. The number of rotatable bonds is 5. The number of nitrogens with zero attached hydrogens (tertiary/aromatic N) is 5. The van der Waals surface area contributed by atoms with Crippen LogP contribution in [0.2, 0.25) is 0 Å². The molecule has 4 rings (SSSR count). The highest BCUT2D eigenvalue weighted by Gasteiger charge is 2.60. The molecule has 0 radical (unpaired) electrons. The molecule has 2 fully saturated rings. The van der Waals surface area contributed by atoms with Crippen LogP contribution in [0, 0.1) is 0 Å². The molecular weight excluding hydrogens is 395 g/mol. The molecule has 14 nitrogen and oxygen atoms in total. The van der Waals surface area contributed by atoms with Crippen molar-refractivity contribution >= 4 is 43.4 Å². The van der Waals surface area contributed by atoms with Gasteiger partial charge in [-0.3, -0.25) is 18.4 Å². The third kappa shape index (κ3) is 3.00. The van der Waals surface area contributed by atoms with E-state index in [0.717, 1.165) is 0 Å². The first-order valence-electron chi connectivity index (χ1n) is 8.19. The minimum absolute atomic E-state index is 0.0630. The number of fused-ring (bicyclic) bond motifs is 2. The number of nitrogens with one attached hydrogen (secondary N) is 2. The first kappa shape index (κ1) is 18.7. The lowest BCUT2D eigenvalue weighted by Crippen LogP contribution is -2.41. The van der Waals surface area contributed by atoms with Gasteiger partial charge in [-0.15, -0.1) is 0 Å².